The molecule has 1 fully saturated rings. The molecule has 1 aliphatic heterocycles. The highest BCUT2D eigenvalue weighted by Crippen LogP contribution is 2.10. The number of ether oxygens (including phenoxy) is 1. The van der Waals surface area contributed by atoms with Gasteiger partial charge in [0.2, 0.25) is 11.8 Å². The van der Waals surface area contributed by atoms with E-state index < -0.39 is 11.9 Å². The molecule has 2 unspecified atom stereocenters. The Morgan fingerprint density at radius 2 is 1.96 bits per heavy atom. The Balaban J connectivity index is 0.00000288. The molecule has 0 radical (unpaired) electrons. The number of nitrogens with two attached hydrogens (primary N) is 2. The highest BCUT2D eigenvalue weighted by molar-refractivity contribution is 5.87. The van der Waals surface area contributed by atoms with E-state index in [1.807, 2.05) is 18.2 Å². The molecule has 2 rings (SSSR count). The summed E-state index contributed by atoms with van der Waals surface area (Å²) >= 11 is 0. The zero-order valence-corrected chi connectivity index (χ0v) is 15.6. The molecule has 1 saturated heterocycles. The normalized spacial score (nSPS) is 18.4. The Bertz CT molecular complexity index is 533. The molecule has 2 amide bonds. The largest absolute Gasteiger partial charge is 0.374 e. The number of halogens is 2. The second kappa shape index (κ2) is 12.1. The number of benzene rings is 1. The molecule has 0 spiro atoms. The summed E-state index contributed by atoms with van der Waals surface area (Å²) in [5.41, 5.74) is 11.9. The first kappa shape index (κ1) is 23.6. The number of carbonyl (C=O) groups excluding carboxylic acids is 2. The maximum absolute atomic E-state index is 11.8. The van der Waals surface area contributed by atoms with E-state index in [0.717, 1.165) is 19.6 Å². The highest BCUT2D eigenvalue weighted by Gasteiger charge is 2.22. The van der Waals surface area contributed by atoms with Crippen molar-refractivity contribution >= 4 is 36.6 Å². The van der Waals surface area contributed by atoms with Gasteiger partial charge in [0.15, 0.2) is 0 Å². The van der Waals surface area contributed by atoms with Gasteiger partial charge < -0.3 is 21.5 Å². The Morgan fingerprint density at radius 3 is 2.60 bits per heavy atom. The number of amides is 2. The van der Waals surface area contributed by atoms with Gasteiger partial charge in [-0.3, -0.25) is 14.5 Å². The van der Waals surface area contributed by atoms with Crippen LogP contribution in [-0.4, -0.2) is 55.1 Å². The maximum atomic E-state index is 11.8. The molecule has 0 aromatic heterocycles. The smallest absolute Gasteiger partial charge is 0.237 e. The molecule has 1 aromatic carbocycles. The number of nitrogens with one attached hydrogen (secondary N) is 1. The van der Waals surface area contributed by atoms with Crippen LogP contribution in [0.3, 0.4) is 0 Å². The molecule has 1 heterocycles. The summed E-state index contributed by atoms with van der Waals surface area (Å²) in [5, 5.41) is 2.72. The standard InChI is InChI=1S/C16H24N4O3.2ClH/c17-14(8-15(18)21)16(22)19-9-13-11-20(6-7-23-13)10-12-4-2-1-3-5-12;;/h1-5,13-14H,6-11,17H2,(H2,18,21)(H,19,22);2*1H. The number of hydrogen-bond donors (Lipinski definition) is 3. The van der Waals surface area contributed by atoms with E-state index in [4.69, 9.17) is 16.2 Å². The van der Waals surface area contributed by atoms with Crippen LogP contribution in [0.4, 0.5) is 0 Å². The lowest BCUT2D eigenvalue weighted by Crippen LogP contribution is -2.50. The Kier molecular flexibility index (Phi) is 11.4. The summed E-state index contributed by atoms with van der Waals surface area (Å²) in [4.78, 5) is 24.8. The van der Waals surface area contributed by atoms with Gasteiger partial charge in [-0.15, -0.1) is 24.8 Å². The first-order valence-electron chi connectivity index (χ1n) is 7.74. The van der Waals surface area contributed by atoms with Gasteiger partial charge >= 0.3 is 0 Å². The Hall–Kier alpha value is -1.38. The molecule has 0 saturated carbocycles. The number of rotatable bonds is 7. The van der Waals surface area contributed by atoms with Crippen molar-refractivity contribution in [1.82, 2.24) is 10.2 Å². The molecule has 0 bridgehead atoms. The number of morpholine rings is 1. The average Bonchev–Trinajstić information content (AvgIpc) is 2.53. The molecule has 7 nitrogen and oxygen atoms in total. The van der Waals surface area contributed by atoms with E-state index in [1.165, 1.54) is 5.56 Å². The van der Waals surface area contributed by atoms with Crippen molar-refractivity contribution in [3.63, 3.8) is 0 Å². The summed E-state index contributed by atoms with van der Waals surface area (Å²) in [6.45, 7) is 3.45. The van der Waals surface area contributed by atoms with E-state index in [9.17, 15) is 9.59 Å². The zero-order valence-electron chi connectivity index (χ0n) is 13.9. The monoisotopic (exact) mass is 392 g/mol. The molecule has 25 heavy (non-hydrogen) atoms. The van der Waals surface area contributed by atoms with Gasteiger partial charge in [0, 0.05) is 26.2 Å². The van der Waals surface area contributed by atoms with Gasteiger partial charge in [0.05, 0.1) is 25.2 Å². The lowest BCUT2D eigenvalue weighted by molar-refractivity contribution is -0.127. The number of carbonyl (C=O) groups is 2. The fraction of sp³-hybridized carbons (Fsp3) is 0.500. The second-order valence-electron chi connectivity index (χ2n) is 5.74. The fourth-order valence-corrected chi connectivity index (χ4v) is 2.54. The van der Waals surface area contributed by atoms with Crippen LogP contribution in [-0.2, 0) is 20.9 Å². The Morgan fingerprint density at radius 1 is 1.28 bits per heavy atom. The third kappa shape index (κ3) is 8.51. The summed E-state index contributed by atoms with van der Waals surface area (Å²) in [6, 6.07) is 9.32. The van der Waals surface area contributed by atoms with Gasteiger partial charge in [-0.2, -0.15) is 0 Å². The van der Waals surface area contributed by atoms with Crippen LogP contribution in [0.15, 0.2) is 30.3 Å². The van der Waals surface area contributed by atoms with Crippen molar-refractivity contribution in [2.24, 2.45) is 11.5 Å². The van der Waals surface area contributed by atoms with Crippen LogP contribution in [0.5, 0.6) is 0 Å². The average molecular weight is 393 g/mol. The van der Waals surface area contributed by atoms with E-state index in [1.54, 1.807) is 0 Å². The minimum Gasteiger partial charge on any atom is -0.374 e. The van der Waals surface area contributed by atoms with E-state index in [0.29, 0.717) is 13.2 Å². The summed E-state index contributed by atoms with van der Waals surface area (Å²) < 4.78 is 5.67. The van der Waals surface area contributed by atoms with Crippen LogP contribution >= 0.6 is 24.8 Å². The highest BCUT2D eigenvalue weighted by atomic mass is 35.5. The maximum Gasteiger partial charge on any atom is 0.237 e. The van der Waals surface area contributed by atoms with Gasteiger partial charge in [0.1, 0.15) is 0 Å². The van der Waals surface area contributed by atoms with E-state index in [-0.39, 0.29) is 43.2 Å². The summed E-state index contributed by atoms with van der Waals surface area (Å²) in [7, 11) is 0. The van der Waals surface area contributed by atoms with Gasteiger partial charge in [-0.25, -0.2) is 0 Å². The predicted molar refractivity (Wildman–Crippen MR) is 101 cm³/mol. The lowest BCUT2D eigenvalue weighted by Gasteiger charge is -2.33. The van der Waals surface area contributed by atoms with Gasteiger partial charge in [-0.05, 0) is 5.56 Å². The molecule has 142 valence electrons. The predicted octanol–water partition coefficient (Wildman–Crippen LogP) is 0.0499. The van der Waals surface area contributed by atoms with E-state index >= 15 is 0 Å². The topological polar surface area (TPSA) is 111 Å². The quantitative estimate of drug-likeness (QED) is 0.606. The van der Waals surface area contributed by atoms with Crippen LogP contribution in [0.1, 0.15) is 12.0 Å². The molecular weight excluding hydrogens is 367 g/mol. The van der Waals surface area contributed by atoms with Crippen molar-refractivity contribution < 1.29 is 14.3 Å². The number of nitrogens with zero attached hydrogens (tertiary/aromatic N) is 1. The minimum absolute atomic E-state index is 0. The molecule has 1 aliphatic rings. The molecular formula is C16H26Cl2N4O3. The third-order valence-corrected chi connectivity index (χ3v) is 3.73. The minimum atomic E-state index is -0.906. The molecule has 5 N–H and O–H groups in total. The van der Waals surface area contributed by atoms with Crippen molar-refractivity contribution in [2.45, 2.75) is 25.1 Å². The van der Waals surface area contributed by atoms with Gasteiger partial charge in [-0.1, -0.05) is 30.3 Å². The first-order chi connectivity index (χ1) is 11.0. The van der Waals surface area contributed by atoms with Crippen molar-refractivity contribution in [2.75, 3.05) is 26.2 Å². The van der Waals surface area contributed by atoms with Crippen LogP contribution in [0.2, 0.25) is 0 Å². The van der Waals surface area contributed by atoms with Crippen LogP contribution < -0.4 is 16.8 Å². The first-order valence-corrected chi connectivity index (χ1v) is 7.74. The molecule has 0 aliphatic carbocycles. The lowest BCUT2D eigenvalue weighted by atomic mass is 10.1. The van der Waals surface area contributed by atoms with Crippen LogP contribution in [0, 0.1) is 0 Å². The Labute approximate surface area is 160 Å². The molecule has 2 atom stereocenters. The summed E-state index contributed by atoms with van der Waals surface area (Å²) in [6.07, 6.45) is -0.241. The number of primary amides is 1. The SMILES string of the molecule is Cl.Cl.NC(=O)CC(N)C(=O)NCC1CN(Cc2ccccc2)CCO1. The van der Waals surface area contributed by atoms with Gasteiger partial charge in [0.25, 0.3) is 0 Å². The van der Waals surface area contributed by atoms with Crippen LogP contribution in [0.25, 0.3) is 0 Å². The number of hydrogen-bond acceptors (Lipinski definition) is 5. The van der Waals surface area contributed by atoms with Crippen molar-refractivity contribution in [1.29, 1.82) is 0 Å². The van der Waals surface area contributed by atoms with E-state index in [2.05, 4.69) is 22.3 Å². The van der Waals surface area contributed by atoms with Crippen molar-refractivity contribution in [3.05, 3.63) is 35.9 Å². The second-order valence-corrected chi connectivity index (χ2v) is 5.74. The zero-order chi connectivity index (χ0) is 16.7. The third-order valence-electron chi connectivity index (χ3n) is 3.73. The summed E-state index contributed by atoms with van der Waals surface area (Å²) in [5.74, 6) is -0.969. The molecule has 9 heteroatoms. The van der Waals surface area contributed by atoms with Crippen molar-refractivity contribution in [3.8, 4) is 0 Å². The fourth-order valence-electron chi connectivity index (χ4n) is 2.54. The molecule has 1 aromatic rings.